The quantitative estimate of drug-likeness (QED) is 0.288. The molecule has 0 aliphatic heterocycles. The average Bonchev–Trinajstić information content (AvgIpc) is 1.14. The zero-order chi connectivity index (χ0) is 7.71. The number of hydrogen-bond acceptors (Lipinski definition) is 2. The summed E-state index contributed by atoms with van der Waals surface area (Å²) in [5.74, 6) is 0. The second-order valence-electron chi connectivity index (χ2n) is 2.43. The highest BCUT2D eigenvalue weighted by molar-refractivity contribution is 7.51. The maximum absolute atomic E-state index is 10.2. The Bertz CT molecular complexity index is 133. The number of rotatable bonds is 2. The Kier molecular flexibility index (Phi) is 2.38. The van der Waals surface area contributed by atoms with Gasteiger partial charge in [-0.1, -0.05) is 0 Å². The maximum atomic E-state index is 10.2. The first-order valence-corrected chi connectivity index (χ1v) is 4.11. The fraction of sp³-hybridized carbons (Fsp3) is 1.00. The number of hydroxylamine groups is 3. The van der Waals surface area contributed by atoms with E-state index in [-0.39, 0.29) is 0 Å². The van der Waals surface area contributed by atoms with E-state index in [2.05, 4.69) is 0 Å². The largest absolute Gasteiger partial charge is 0.382 e. The number of nitrogens with zero attached hydrogens (tertiary/aromatic N) is 1. The van der Waals surface area contributed by atoms with Crippen LogP contribution in [-0.2, 0) is 4.57 Å². The van der Waals surface area contributed by atoms with Crippen molar-refractivity contribution in [1.29, 1.82) is 0 Å². The van der Waals surface area contributed by atoms with Crippen LogP contribution in [0.1, 0.15) is 0 Å². The van der Waals surface area contributed by atoms with Crippen LogP contribution in [0.5, 0.6) is 0 Å². The molecule has 6 heteroatoms. The first-order valence-electron chi connectivity index (χ1n) is 2.31. The fourth-order valence-corrected chi connectivity index (χ4v) is 1.35. The molecule has 0 saturated carbocycles. The van der Waals surface area contributed by atoms with Crippen LogP contribution in [0.4, 0.5) is 0 Å². The molecule has 0 aliphatic carbocycles. The molecular weight excluding hydrogens is 145 g/mol. The van der Waals surface area contributed by atoms with Crippen molar-refractivity contribution < 1.29 is 24.2 Å². The highest BCUT2D eigenvalue weighted by Gasteiger charge is 2.25. The molecule has 0 rings (SSSR count). The van der Waals surface area contributed by atoms with Crippen LogP contribution in [0.15, 0.2) is 0 Å². The molecule has 5 nitrogen and oxygen atoms in total. The van der Waals surface area contributed by atoms with Crippen molar-refractivity contribution in [3.05, 3.63) is 0 Å². The Morgan fingerprint density at radius 1 is 1.44 bits per heavy atom. The van der Waals surface area contributed by atoms with Crippen LogP contribution in [0.3, 0.4) is 0 Å². The van der Waals surface area contributed by atoms with Crippen LogP contribution in [0.2, 0.25) is 0 Å². The Hall–Kier alpha value is 0.0700. The normalized spacial score (nSPS) is 13.9. The molecule has 0 aromatic rings. The summed E-state index contributed by atoms with van der Waals surface area (Å²) in [6.07, 6.45) is -0.549. The van der Waals surface area contributed by atoms with E-state index in [0.717, 1.165) is 0 Å². The van der Waals surface area contributed by atoms with Gasteiger partial charge in [0.25, 0.3) is 0 Å². The lowest BCUT2D eigenvalue weighted by atomic mass is 10.9. The van der Waals surface area contributed by atoms with Gasteiger partial charge in [0, 0.05) is 0 Å². The molecule has 0 heterocycles. The zero-order valence-electron chi connectivity index (χ0n) is 5.35. The molecule has 0 aromatic heterocycles. The minimum absolute atomic E-state index is 0.549. The van der Waals surface area contributed by atoms with Gasteiger partial charge in [0.2, 0.25) is 6.29 Å². The molecule has 0 unspecified atom stereocenters. The second-order valence-corrected chi connectivity index (χ2v) is 4.04. The summed E-state index contributed by atoms with van der Waals surface area (Å²) in [4.78, 5) is 16.6. The van der Waals surface area contributed by atoms with Gasteiger partial charge in [-0.3, -0.25) is 4.57 Å². The maximum Gasteiger partial charge on any atom is 0.382 e. The van der Waals surface area contributed by atoms with Crippen molar-refractivity contribution in [2.75, 3.05) is 20.4 Å². The summed E-state index contributed by atoms with van der Waals surface area (Å²) < 4.78 is 9.46. The van der Waals surface area contributed by atoms with E-state index < -0.39 is 18.5 Å². The molecule has 0 amide bonds. The fourth-order valence-electron chi connectivity index (χ4n) is 0.451. The van der Waals surface area contributed by atoms with E-state index in [1.807, 2.05) is 0 Å². The van der Waals surface area contributed by atoms with Gasteiger partial charge < -0.3 is 9.79 Å². The molecule has 0 aliphatic rings. The Morgan fingerprint density at radius 2 is 1.78 bits per heavy atom. The SMILES string of the molecule is C[N+](C)(O)CP(=O)(O)O. The van der Waals surface area contributed by atoms with Crippen LogP contribution < -0.4 is 0 Å². The monoisotopic (exact) mass is 156 g/mol. The Morgan fingerprint density at radius 3 is 1.78 bits per heavy atom. The van der Waals surface area contributed by atoms with Gasteiger partial charge >= 0.3 is 7.60 Å². The van der Waals surface area contributed by atoms with Crippen molar-refractivity contribution >= 4 is 7.60 Å². The first-order chi connectivity index (χ1) is 3.71. The smallest absolute Gasteiger partial charge is 0.320 e. The molecule has 0 spiro atoms. The van der Waals surface area contributed by atoms with E-state index in [9.17, 15) is 4.57 Å². The third kappa shape index (κ3) is 8.07. The summed E-state index contributed by atoms with van der Waals surface area (Å²) in [6, 6.07) is 0. The van der Waals surface area contributed by atoms with Crippen LogP contribution >= 0.6 is 7.60 Å². The van der Waals surface area contributed by atoms with Gasteiger partial charge in [-0.15, -0.1) is 0 Å². The van der Waals surface area contributed by atoms with Gasteiger partial charge in [0.1, 0.15) is 0 Å². The predicted molar refractivity (Wildman–Crippen MR) is 30.8 cm³/mol. The molecule has 0 aromatic carbocycles. The Labute approximate surface area is 53.2 Å². The minimum Gasteiger partial charge on any atom is -0.320 e. The molecule has 3 N–H and O–H groups in total. The lowest BCUT2D eigenvalue weighted by molar-refractivity contribution is -1.06. The van der Waals surface area contributed by atoms with Crippen molar-refractivity contribution in [3.8, 4) is 0 Å². The molecule has 0 fully saturated rings. The summed E-state index contributed by atoms with van der Waals surface area (Å²) in [7, 11) is -1.48. The van der Waals surface area contributed by atoms with Crippen LogP contribution in [-0.4, -0.2) is 40.0 Å². The van der Waals surface area contributed by atoms with Gasteiger partial charge in [-0.05, 0) is 0 Å². The van der Waals surface area contributed by atoms with E-state index >= 15 is 0 Å². The molecule has 0 atom stereocenters. The second kappa shape index (κ2) is 2.36. The third-order valence-corrected chi connectivity index (χ3v) is 1.59. The van der Waals surface area contributed by atoms with Crippen LogP contribution in [0.25, 0.3) is 0 Å². The highest BCUT2D eigenvalue weighted by atomic mass is 31.2. The summed E-state index contributed by atoms with van der Waals surface area (Å²) in [6.45, 7) is 0. The molecule has 56 valence electrons. The van der Waals surface area contributed by atoms with Crippen molar-refractivity contribution in [1.82, 2.24) is 0 Å². The first kappa shape index (κ1) is 9.07. The van der Waals surface area contributed by atoms with Crippen molar-refractivity contribution in [2.24, 2.45) is 0 Å². The van der Waals surface area contributed by atoms with Gasteiger partial charge in [0.05, 0.1) is 14.1 Å². The number of quaternary nitrogens is 1. The lowest BCUT2D eigenvalue weighted by Gasteiger charge is -2.19. The summed E-state index contributed by atoms with van der Waals surface area (Å²) in [5, 5.41) is 8.80. The van der Waals surface area contributed by atoms with Gasteiger partial charge in [-0.2, -0.15) is 4.65 Å². The topological polar surface area (TPSA) is 77.8 Å². The zero-order valence-corrected chi connectivity index (χ0v) is 6.25. The lowest BCUT2D eigenvalue weighted by Crippen LogP contribution is -2.35. The number of hydrogen-bond donors (Lipinski definition) is 3. The molecule has 0 bridgehead atoms. The molecular formula is C3H11NO4P+. The summed E-state index contributed by atoms with van der Waals surface area (Å²) >= 11 is 0. The average molecular weight is 156 g/mol. The van der Waals surface area contributed by atoms with Crippen molar-refractivity contribution in [3.63, 3.8) is 0 Å². The Balaban J connectivity index is 3.90. The van der Waals surface area contributed by atoms with Gasteiger partial charge in [-0.25, -0.2) is 5.21 Å². The highest BCUT2D eigenvalue weighted by Crippen LogP contribution is 2.35. The van der Waals surface area contributed by atoms with E-state index in [0.29, 0.717) is 0 Å². The van der Waals surface area contributed by atoms with Gasteiger partial charge in [0.15, 0.2) is 0 Å². The van der Waals surface area contributed by atoms with E-state index in [4.69, 9.17) is 15.0 Å². The van der Waals surface area contributed by atoms with E-state index in [1.54, 1.807) is 0 Å². The minimum atomic E-state index is -4.07. The molecule has 0 radical (unpaired) electrons. The van der Waals surface area contributed by atoms with Crippen LogP contribution in [0, 0.1) is 0 Å². The van der Waals surface area contributed by atoms with E-state index in [1.165, 1.54) is 14.1 Å². The third-order valence-electron chi connectivity index (χ3n) is 0.530. The summed E-state index contributed by atoms with van der Waals surface area (Å²) in [5.41, 5.74) is 0. The van der Waals surface area contributed by atoms with Crippen molar-refractivity contribution in [2.45, 2.75) is 0 Å². The predicted octanol–water partition coefficient (Wildman–Crippen LogP) is -0.413. The molecule has 0 saturated heterocycles. The molecule has 9 heavy (non-hydrogen) atoms. The standard InChI is InChI=1S/C3H10NO4P/c1-4(2,5)3-9(6,7)8/h5H,3H2,1-2H3,(H-,6,7,8)/p+1.